The van der Waals surface area contributed by atoms with E-state index in [9.17, 15) is 0 Å². The van der Waals surface area contributed by atoms with Gasteiger partial charge in [-0.2, -0.15) is 0 Å². The van der Waals surface area contributed by atoms with E-state index in [-0.39, 0.29) is 11.8 Å². The number of aryl methyl sites for hydroxylation is 4. The van der Waals surface area contributed by atoms with Crippen molar-refractivity contribution < 1.29 is 0 Å². The third-order valence-electron chi connectivity index (χ3n) is 10.4. The Balaban J connectivity index is 1.08. The van der Waals surface area contributed by atoms with E-state index in [4.69, 9.17) is 0 Å². The van der Waals surface area contributed by atoms with E-state index in [0.717, 1.165) is 34.1 Å². The second kappa shape index (κ2) is 15.2. The van der Waals surface area contributed by atoms with Gasteiger partial charge in [0.15, 0.2) is 0 Å². The topological polar surface area (TPSA) is 6.48 Å². The molecule has 0 N–H and O–H groups in total. The van der Waals surface area contributed by atoms with Gasteiger partial charge in [-0.3, -0.25) is 0 Å². The lowest BCUT2D eigenvalue weighted by molar-refractivity contribution is 0.898. The zero-order valence-electron chi connectivity index (χ0n) is 31.2. The maximum Gasteiger partial charge on any atom is 0.0461 e. The van der Waals surface area contributed by atoms with Crippen LogP contribution < -0.4 is 9.80 Å². The predicted molar refractivity (Wildman–Crippen MR) is 223 cm³/mol. The summed E-state index contributed by atoms with van der Waals surface area (Å²) >= 11 is 0. The van der Waals surface area contributed by atoms with E-state index in [0.29, 0.717) is 0 Å². The lowest BCUT2D eigenvalue weighted by Gasteiger charge is -2.26. The zero-order chi connectivity index (χ0) is 36.2. The molecule has 0 bridgehead atoms. The summed E-state index contributed by atoms with van der Waals surface area (Å²) in [6, 6.07) is 62.4. The molecular formula is C50H48N2. The highest BCUT2D eigenvalue weighted by molar-refractivity contribution is 5.78. The molecule has 2 heteroatoms. The first-order valence-electron chi connectivity index (χ1n) is 18.4. The molecule has 0 spiro atoms. The van der Waals surface area contributed by atoms with Gasteiger partial charge in [0.2, 0.25) is 0 Å². The fourth-order valence-electron chi connectivity index (χ4n) is 6.95. The Labute approximate surface area is 310 Å². The second-order valence-electron chi connectivity index (χ2n) is 14.3. The predicted octanol–water partition coefficient (Wildman–Crippen LogP) is 14.2. The molecule has 0 aromatic heterocycles. The third kappa shape index (κ3) is 7.57. The van der Waals surface area contributed by atoms with Crippen molar-refractivity contribution in [2.75, 3.05) is 9.80 Å². The van der Waals surface area contributed by atoms with Crippen LogP contribution in [0.5, 0.6) is 0 Å². The largest absolute Gasteiger partial charge is 0.311 e. The van der Waals surface area contributed by atoms with Crippen molar-refractivity contribution in [1.82, 2.24) is 0 Å². The normalized spacial score (nSPS) is 12.3. The van der Waals surface area contributed by atoms with Gasteiger partial charge < -0.3 is 9.80 Å². The van der Waals surface area contributed by atoms with Gasteiger partial charge in [-0.05, 0) is 123 Å². The fourth-order valence-corrected chi connectivity index (χ4v) is 6.95. The quantitative estimate of drug-likeness (QED) is 0.142. The van der Waals surface area contributed by atoms with Crippen LogP contribution in [-0.4, -0.2) is 0 Å². The van der Waals surface area contributed by atoms with E-state index >= 15 is 0 Å². The van der Waals surface area contributed by atoms with Crippen LogP contribution in [0, 0.1) is 27.7 Å². The highest BCUT2D eigenvalue weighted by atomic mass is 15.1. The molecule has 0 aliphatic heterocycles. The van der Waals surface area contributed by atoms with E-state index < -0.39 is 0 Å². The van der Waals surface area contributed by atoms with Crippen molar-refractivity contribution in [3.63, 3.8) is 0 Å². The van der Waals surface area contributed by atoms with Gasteiger partial charge in [0.25, 0.3) is 0 Å². The van der Waals surface area contributed by atoms with Gasteiger partial charge in [-0.15, -0.1) is 0 Å². The molecular weight excluding hydrogens is 629 g/mol. The van der Waals surface area contributed by atoms with Crippen LogP contribution in [0.2, 0.25) is 0 Å². The molecule has 0 aliphatic rings. The Morgan fingerprint density at radius 3 is 0.596 bits per heavy atom. The third-order valence-corrected chi connectivity index (χ3v) is 10.4. The maximum absolute atomic E-state index is 2.33. The first kappa shape index (κ1) is 34.6. The van der Waals surface area contributed by atoms with E-state index in [1.165, 1.54) is 44.5 Å². The molecule has 2 unspecified atom stereocenters. The summed E-state index contributed by atoms with van der Waals surface area (Å²) in [6.07, 6.45) is 0. The van der Waals surface area contributed by atoms with Crippen LogP contribution in [0.15, 0.2) is 170 Å². The van der Waals surface area contributed by atoms with Gasteiger partial charge in [0.05, 0.1) is 0 Å². The van der Waals surface area contributed by atoms with Gasteiger partial charge in [0, 0.05) is 46.0 Å². The van der Waals surface area contributed by atoms with E-state index in [1.807, 2.05) is 0 Å². The second-order valence-corrected chi connectivity index (χ2v) is 14.3. The summed E-state index contributed by atoms with van der Waals surface area (Å²) in [5.41, 5.74) is 17.2. The molecule has 52 heavy (non-hydrogen) atoms. The molecule has 0 fully saturated rings. The Bertz CT molecular complexity index is 1940. The fraction of sp³-hybridized carbons (Fsp3) is 0.160. The summed E-state index contributed by atoms with van der Waals surface area (Å²) in [7, 11) is 0. The van der Waals surface area contributed by atoms with Crippen molar-refractivity contribution in [2.45, 2.75) is 53.4 Å². The Kier molecular flexibility index (Phi) is 10.1. The highest BCUT2D eigenvalue weighted by Crippen LogP contribution is 2.38. The standard InChI is InChI=1S/C50H48N2/c1-35-7-23-45(24-8-35)51(46-25-9-36(2)10-26-46)49-31-19-43(20-32-49)39(5)41-15-17-42(18-16-41)40(6)44-21-33-50(34-22-44)52(47-27-11-37(3)12-28-47)48-29-13-38(4)14-30-48/h7-34,39-40H,1-6H3. The molecule has 0 aliphatic carbocycles. The molecule has 258 valence electrons. The minimum absolute atomic E-state index is 0.277. The minimum atomic E-state index is 0.277. The van der Waals surface area contributed by atoms with Crippen molar-refractivity contribution in [3.05, 3.63) is 214 Å². The zero-order valence-corrected chi connectivity index (χ0v) is 31.2. The smallest absolute Gasteiger partial charge is 0.0461 e. The molecule has 2 atom stereocenters. The van der Waals surface area contributed by atoms with Gasteiger partial charge >= 0.3 is 0 Å². The number of hydrogen-bond donors (Lipinski definition) is 0. The van der Waals surface area contributed by atoms with Crippen LogP contribution in [0.3, 0.4) is 0 Å². The van der Waals surface area contributed by atoms with Crippen molar-refractivity contribution in [2.24, 2.45) is 0 Å². The molecule has 0 heterocycles. The van der Waals surface area contributed by atoms with Gasteiger partial charge in [0.1, 0.15) is 0 Å². The summed E-state index contributed by atoms with van der Waals surface area (Å²) < 4.78 is 0. The SMILES string of the molecule is Cc1ccc(N(c2ccc(C)cc2)c2ccc(C(C)c3ccc(C(C)c4ccc(N(c5ccc(C)cc5)c5ccc(C)cc5)cc4)cc3)cc2)cc1. The highest BCUT2D eigenvalue weighted by Gasteiger charge is 2.17. The van der Waals surface area contributed by atoms with Crippen molar-refractivity contribution in [1.29, 1.82) is 0 Å². The first-order valence-corrected chi connectivity index (χ1v) is 18.4. The van der Waals surface area contributed by atoms with Crippen LogP contribution >= 0.6 is 0 Å². The van der Waals surface area contributed by atoms with Crippen LogP contribution in [-0.2, 0) is 0 Å². The molecule has 7 aromatic carbocycles. The Morgan fingerprint density at radius 2 is 0.404 bits per heavy atom. The molecule has 7 rings (SSSR count). The molecule has 2 nitrogen and oxygen atoms in total. The van der Waals surface area contributed by atoms with E-state index in [1.54, 1.807) is 0 Å². The van der Waals surface area contributed by atoms with Crippen molar-refractivity contribution >= 4 is 34.1 Å². The average molecular weight is 677 g/mol. The molecule has 0 saturated heterocycles. The number of rotatable bonds is 10. The number of anilines is 6. The first-order chi connectivity index (χ1) is 25.2. The van der Waals surface area contributed by atoms with E-state index in [2.05, 4.69) is 221 Å². The summed E-state index contributed by atoms with van der Waals surface area (Å²) in [4.78, 5) is 4.66. The summed E-state index contributed by atoms with van der Waals surface area (Å²) in [5.74, 6) is 0.554. The lowest BCUT2D eigenvalue weighted by atomic mass is 9.88. The minimum Gasteiger partial charge on any atom is -0.311 e. The van der Waals surface area contributed by atoms with Crippen LogP contribution in [0.4, 0.5) is 34.1 Å². The lowest BCUT2D eigenvalue weighted by Crippen LogP contribution is -2.10. The number of hydrogen-bond acceptors (Lipinski definition) is 2. The summed E-state index contributed by atoms with van der Waals surface area (Å²) in [6.45, 7) is 13.1. The molecule has 7 aromatic rings. The number of nitrogens with zero attached hydrogens (tertiary/aromatic N) is 2. The van der Waals surface area contributed by atoms with Gasteiger partial charge in [-0.25, -0.2) is 0 Å². The summed E-state index contributed by atoms with van der Waals surface area (Å²) in [5, 5.41) is 0. The van der Waals surface area contributed by atoms with Crippen LogP contribution in [0.1, 0.15) is 70.2 Å². The Morgan fingerprint density at radius 1 is 0.250 bits per heavy atom. The Hall–Kier alpha value is -5.86. The van der Waals surface area contributed by atoms with Gasteiger partial charge in [-0.1, -0.05) is 133 Å². The molecule has 0 radical (unpaired) electrons. The molecule has 0 saturated carbocycles. The maximum atomic E-state index is 2.33. The number of benzene rings is 7. The van der Waals surface area contributed by atoms with Crippen LogP contribution in [0.25, 0.3) is 0 Å². The van der Waals surface area contributed by atoms with Crippen molar-refractivity contribution in [3.8, 4) is 0 Å². The monoisotopic (exact) mass is 676 g/mol. The molecule has 0 amide bonds. The average Bonchev–Trinajstić information content (AvgIpc) is 3.18.